The second kappa shape index (κ2) is 8.54. The molecule has 0 aliphatic rings. The quantitative estimate of drug-likeness (QED) is 0.695. The first-order chi connectivity index (χ1) is 8.65. The van der Waals surface area contributed by atoms with Crippen LogP contribution in [0.5, 0.6) is 5.75 Å². The molecule has 0 aromatic heterocycles. The molecule has 1 rings (SSSR count). The molecular formula is C15H23BrO2. The van der Waals surface area contributed by atoms with Crippen molar-refractivity contribution >= 4 is 15.9 Å². The number of hydrogen-bond donors (Lipinski definition) is 1. The first-order valence-electron chi connectivity index (χ1n) is 6.75. The number of halogens is 1. The molecule has 102 valence electrons. The van der Waals surface area contributed by atoms with Crippen LogP contribution in [0.3, 0.4) is 0 Å². The SMILES string of the molecule is CCCCCCCOc1ccc(Br)cc1C(C)O. The van der Waals surface area contributed by atoms with E-state index in [2.05, 4.69) is 22.9 Å². The van der Waals surface area contributed by atoms with E-state index in [9.17, 15) is 5.11 Å². The molecule has 0 saturated heterocycles. The zero-order valence-electron chi connectivity index (χ0n) is 11.3. The van der Waals surface area contributed by atoms with E-state index < -0.39 is 6.10 Å². The van der Waals surface area contributed by atoms with Gasteiger partial charge in [0.25, 0.3) is 0 Å². The Labute approximate surface area is 118 Å². The zero-order valence-corrected chi connectivity index (χ0v) is 12.9. The summed E-state index contributed by atoms with van der Waals surface area (Å²) >= 11 is 3.41. The van der Waals surface area contributed by atoms with E-state index in [0.29, 0.717) is 0 Å². The van der Waals surface area contributed by atoms with Gasteiger partial charge in [0.05, 0.1) is 12.7 Å². The van der Waals surface area contributed by atoms with Gasteiger partial charge < -0.3 is 9.84 Å². The Balaban J connectivity index is 2.42. The number of hydrogen-bond acceptors (Lipinski definition) is 2. The van der Waals surface area contributed by atoms with E-state index in [1.807, 2.05) is 18.2 Å². The Morgan fingerprint density at radius 3 is 2.61 bits per heavy atom. The van der Waals surface area contributed by atoms with Crippen molar-refractivity contribution in [2.75, 3.05) is 6.61 Å². The molecule has 0 bridgehead atoms. The third-order valence-corrected chi connectivity index (χ3v) is 3.42. The molecule has 0 aliphatic carbocycles. The highest BCUT2D eigenvalue weighted by Gasteiger charge is 2.09. The van der Waals surface area contributed by atoms with Gasteiger partial charge in [0.15, 0.2) is 0 Å². The molecule has 1 aromatic carbocycles. The molecule has 0 radical (unpaired) electrons. The Bertz CT molecular complexity index is 350. The van der Waals surface area contributed by atoms with E-state index in [-0.39, 0.29) is 0 Å². The summed E-state index contributed by atoms with van der Waals surface area (Å²) in [5.41, 5.74) is 0.845. The van der Waals surface area contributed by atoms with Gasteiger partial charge in [-0.2, -0.15) is 0 Å². The highest BCUT2D eigenvalue weighted by molar-refractivity contribution is 9.10. The molecule has 1 N–H and O–H groups in total. The van der Waals surface area contributed by atoms with Crippen LogP contribution in [0.4, 0.5) is 0 Å². The summed E-state index contributed by atoms with van der Waals surface area (Å²) in [6.45, 7) is 4.70. The van der Waals surface area contributed by atoms with Crippen LogP contribution in [0.2, 0.25) is 0 Å². The van der Waals surface area contributed by atoms with Gasteiger partial charge in [-0.1, -0.05) is 48.5 Å². The predicted molar refractivity (Wildman–Crippen MR) is 79.0 cm³/mol. The highest BCUT2D eigenvalue weighted by Crippen LogP contribution is 2.28. The van der Waals surface area contributed by atoms with E-state index in [1.54, 1.807) is 6.92 Å². The number of aliphatic hydroxyl groups excluding tert-OH is 1. The lowest BCUT2D eigenvalue weighted by Crippen LogP contribution is -2.02. The van der Waals surface area contributed by atoms with Gasteiger partial charge in [-0.25, -0.2) is 0 Å². The van der Waals surface area contributed by atoms with Crippen LogP contribution in [-0.2, 0) is 0 Å². The minimum Gasteiger partial charge on any atom is -0.493 e. The van der Waals surface area contributed by atoms with Gasteiger partial charge in [0.2, 0.25) is 0 Å². The van der Waals surface area contributed by atoms with Crippen LogP contribution in [0, 0.1) is 0 Å². The molecule has 0 heterocycles. The molecule has 1 unspecified atom stereocenters. The van der Waals surface area contributed by atoms with Crippen molar-refractivity contribution in [2.24, 2.45) is 0 Å². The summed E-state index contributed by atoms with van der Waals surface area (Å²) in [5.74, 6) is 0.795. The molecule has 18 heavy (non-hydrogen) atoms. The van der Waals surface area contributed by atoms with Crippen LogP contribution in [0.15, 0.2) is 22.7 Å². The number of ether oxygens (including phenoxy) is 1. The molecule has 0 fully saturated rings. The minimum absolute atomic E-state index is 0.502. The van der Waals surface area contributed by atoms with Crippen molar-refractivity contribution in [1.82, 2.24) is 0 Å². The van der Waals surface area contributed by atoms with Crippen molar-refractivity contribution in [3.05, 3.63) is 28.2 Å². The maximum atomic E-state index is 9.70. The number of rotatable bonds is 8. The van der Waals surface area contributed by atoms with Crippen LogP contribution in [0.1, 0.15) is 57.6 Å². The molecule has 0 amide bonds. The Hall–Kier alpha value is -0.540. The highest BCUT2D eigenvalue weighted by atomic mass is 79.9. The number of unbranched alkanes of at least 4 members (excludes halogenated alkanes) is 4. The number of aliphatic hydroxyl groups is 1. The molecule has 0 spiro atoms. The van der Waals surface area contributed by atoms with Crippen molar-refractivity contribution < 1.29 is 9.84 Å². The second-order valence-electron chi connectivity index (χ2n) is 4.62. The summed E-state index contributed by atoms with van der Waals surface area (Å²) in [7, 11) is 0. The lowest BCUT2D eigenvalue weighted by Gasteiger charge is -2.13. The van der Waals surface area contributed by atoms with E-state index in [1.165, 1.54) is 25.7 Å². The van der Waals surface area contributed by atoms with Gasteiger partial charge in [-0.15, -0.1) is 0 Å². The van der Waals surface area contributed by atoms with Crippen LogP contribution in [-0.4, -0.2) is 11.7 Å². The van der Waals surface area contributed by atoms with Crippen LogP contribution < -0.4 is 4.74 Å². The van der Waals surface area contributed by atoms with Crippen LogP contribution in [0.25, 0.3) is 0 Å². The molecule has 0 saturated carbocycles. The van der Waals surface area contributed by atoms with Crippen molar-refractivity contribution in [3.8, 4) is 5.75 Å². The molecule has 1 atom stereocenters. The summed E-state index contributed by atoms with van der Waals surface area (Å²) in [6, 6.07) is 5.77. The lowest BCUT2D eigenvalue weighted by molar-refractivity contribution is 0.190. The number of benzene rings is 1. The fraction of sp³-hybridized carbons (Fsp3) is 0.600. The molecule has 1 aromatic rings. The summed E-state index contributed by atoms with van der Waals surface area (Å²) < 4.78 is 6.72. The van der Waals surface area contributed by atoms with Gasteiger partial charge in [0.1, 0.15) is 5.75 Å². The van der Waals surface area contributed by atoms with Gasteiger partial charge in [-0.05, 0) is 31.5 Å². The maximum absolute atomic E-state index is 9.70. The topological polar surface area (TPSA) is 29.5 Å². The summed E-state index contributed by atoms with van der Waals surface area (Å²) in [4.78, 5) is 0. The standard InChI is InChI=1S/C15H23BrO2/c1-3-4-5-6-7-10-18-15-9-8-13(16)11-14(15)12(2)17/h8-9,11-12,17H,3-7,10H2,1-2H3. The van der Waals surface area contributed by atoms with Crippen LogP contribution >= 0.6 is 15.9 Å². The fourth-order valence-corrected chi connectivity index (χ4v) is 2.24. The molecule has 3 heteroatoms. The Kier molecular flexibility index (Phi) is 7.36. The average Bonchev–Trinajstić information content (AvgIpc) is 2.35. The first-order valence-corrected chi connectivity index (χ1v) is 7.54. The molecular weight excluding hydrogens is 292 g/mol. The van der Waals surface area contributed by atoms with Crippen molar-refractivity contribution in [3.63, 3.8) is 0 Å². The van der Waals surface area contributed by atoms with E-state index in [4.69, 9.17) is 4.74 Å². The average molecular weight is 315 g/mol. The van der Waals surface area contributed by atoms with Gasteiger partial charge in [-0.3, -0.25) is 0 Å². The first kappa shape index (κ1) is 15.5. The van der Waals surface area contributed by atoms with Gasteiger partial charge in [0, 0.05) is 10.0 Å². The van der Waals surface area contributed by atoms with E-state index in [0.717, 1.165) is 28.8 Å². The molecule has 0 aliphatic heterocycles. The lowest BCUT2D eigenvalue weighted by atomic mass is 10.1. The fourth-order valence-electron chi connectivity index (χ4n) is 1.86. The monoisotopic (exact) mass is 314 g/mol. The Morgan fingerprint density at radius 1 is 1.22 bits per heavy atom. The second-order valence-corrected chi connectivity index (χ2v) is 5.54. The third-order valence-electron chi connectivity index (χ3n) is 2.93. The maximum Gasteiger partial charge on any atom is 0.125 e. The van der Waals surface area contributed by atoms with Gasteiger partial charge >= 0.3 is 0 Å². The summed E-state index contributed by atoms with van der Waals surface area (Å²) in [5, 5.41) is 9.70. The van der Waals surface area contributed by atoms with Crippen molar-refractivity contribution in [2.45, 2.75) is 52.1 Å². The predicted octanol–water partition coefficient (Wildman–Crippen LogP) is 4.85. The molecule has 2 nitrogen and oxygen atoms in total. The minimum atomic E-state index is -0.502. The normalized spacial score (nSPS) is 12.4. The largest absolute Gasteiger partial charge is 0.493 e. The smallest absolute Gasteiger partial charge is 0.125 e. The third kappa shape index (κ3) is 5.40. The zero-order chi connectivity index (χ0) is 13.4. The van der Waals surface area contributed by atoms with E-state index >= 15 is 0 Å². The van der Waals surface area contributed by atoms with Crippen molar-refractivity contribution in [1.29, 1.82) is 0 Å². The Morgan fingerprint density at radius 2 is 1.94 bits per heavy atom. The summed E-state index contributed by atoms with van der Waals surface area (Å²) in [6.07, 6.45) is 5.64.